The molecule has 1 aliphatic rings. The first-order chi connectivity index (χ1) is 5.66. The third-order valence-corrected chi connectivity index (χ3v) is 2.61. The van der Waals surface area contributed by atoms with Gasteiger partial charge in [-0.1, -0.05) is 39.3 Å². The number of unbranched alkanes of at least 4 members (excludes halogenated alkanes) is 1. The highest BCUT2D eigenvalue weighted by Crippen LogP contribution is 2.41. The van der Waals surface area contributed by atoms with Gasteiger partial charge in [-0.25, -0.2) is 0 Å². The molecule has 0 aromatic rings. The van der Waals surface area contributed by atoms with Gasteiger partial charge in [0.1, 0.15) is 0 Å². The molecule has 0 heteroatoms. The standard InChI is InChI=1S/C12H20/c1-5-6-7-11-8-12(11)10(4)9(2)3/h9H,4-8H2,1-3H3. The molecule has 12 heavy (non-hydrogen) atoms. The van der Waals surface area contributed by atoms with Crippen molar-refractivity contribution in [3.05, 3.63) is 23.3 Å². The summed E-state index contributed by atoms with van der Waals surface area (Å²) in [6.07, 6.45) is 5.24. The van der Waals surface area contributed by atoms with Crippen LogP contribution in [0, 0.1) is 5.92 Å². The van der Waals surface area contributed by atoms with Gasteiger partial charge in [0.2, 0.25) is 0 Å². The van der Waals surface area contributed by atoms with E-state index in [9.17, 15) is 0 Å². The molecule has 0 radical (unpaired) electrons. The Morgan fingerprint density at radius 3 is 2.67 bits per heavy atom. The lowest BCUT2D eigenvalue weighted by Crippen LogP contribution is -1.88. The molecule has 0 unspecified atom stereocenters. The lowest BCUT2D eigenvalue weighted by Gasteiger charge is -2.02. The normalized spacial score (nSPS) is 15.7. The fourth-order valence-corrected chi connectivity index (χ4v) is 1.49. The minimum atomic E-state index is 0.638. The maximum absolute atomic E-state index is 4.12. The minimum absolute atomic E-state index is 0.638. The molecule has 0 amide bonds. The lowest BCUT2D eigenvalue weighted by molar-refractivity contribution is 0.786. The zero-order chi connectivity index (χ0) is 9.14. The second kappa shape index (κ2) is 3.93. The van der Waals surface area contributed by atoms with E-state index in [-0.39, 0.29) is 0 Å². The van der Waals surface area contributed by atoms with Crippen molar-refractivity contribution in [1.82, 2.24) is 0 Å². The van der Waals surface area contributed by atoms with Crippen molar-refractivity contribution in [3.63, 3.8) is 0 Å². The summed E-state index contributed by atoms with van der Waals surface area (Å²) in [4.78, 5) is 0. The predicted octanol–water partition coefficient (Wildman–Crippen LogP) is 4.09. The highest BCUT2D eigenvalue weighted by molar-refractivity contribution is 5.49. The second-order valence-electron chi connectivity index (χ2n) is 4.04. The first-order valence-electron chi connectivity index (χ1n) is 5.06. The van der Waals surface area contributed by atoms with Crippen LogP contribution in [-0.2, 0) is 0 Å². The van der Waals surface area contributed by atoms with Gasteiger partial charge in [0.05, 0.1) is 0 Å². The average Bonchev–Trinajstić information content (AvgIpc) is 2.78. The minimum Gasteiger partial charge on any atom is -0.0953 e. The maximum atomic E-state index is 4.12. The highest BCUT2D eigenvalue weighted by Gasteiger charge is 2.23. The van der Waals surface area contributed by atoms with Gasteiger partial charge >= 0.3 is 0 Å². The van der Waals surface area contributed by atoms with Crippen LogP contribution in [0.2, 0.25) is 0 Å². The first kappa shape index (κ1) is 9.57. The molecule has 0 fully saturated rings. The molecule has 1 rings (SSSR count). The van der Waals surface area contributed by atoms with Crippen LogP contribution in [0.15, 0.2) is 23.3 Å². The van der Waals surface area contributed by atoms with E-state index in [1.807, 2.05) is 0 Å². The van der Waals surface area contributed by atoms with Gasteiger partial charge in [-0.2, -0.15) is 0 Å². The molecular weight excluding hydrogens is 144 g/mol. The zero-order valence-corrected chi connectivity index (χ0v) is 8.61. The summed E-state index contributed by atoms with van der Waals surface area (Å²) in [5, 5.41) is 0. The summed E-state index contributed by atoms with van der Waals surface area (Å²) in [5.74, 6) is 0.638. The quantitative estimate of drug-likeness (QED) is 0.574. The molecule has 0 saturated heterocycles. The Bertz CT molecular complexity index is 206. The lowest BCUT2D eigenvalue weighted by atomic mass is 10.0. The van der Waals surface area contributed by atoms with Gasteiger partial charge in [0.15, 0.2) is 0 Å². The van der Waals surface area contributed by atoms with Crippen LogP contribution < -0.4 is 0 Å². The molecule has 1 aliphatic carbocycles. The van der Waals surface area contributed by atoms with Crippen LogP contribution in [0.4, 0.5) is 0 Å². The van der Waals surface area contributed by atoms with Crippen LogP contribution in [-0.4, -0.2) is 0 Å². The van der Waals surface area contributed by atoms with E-state index >= 15 is 0 Å². The molecule has 0 spiro atoms. The summed E-state index contributed by atoms with van der Waals surface area (Å²) in [7, 11) is 0. The van der Waals surface area contributed by atoms with E-state index in [1.54, 1.807) is 11.1 Å². The van der Waals surface area contributed by atoms with Crippen LogP contribution >= 0.6 is 0 Å². The molecular formula is C12H20. The third-order valence-electron chi connectivity index (χ3n) is 2.61. The number of hydrogen-bond donors (Lipinski definition) is 0. The second-order valence-corrected chi connectivity index (χ2v) is 4.04. The molecule has 0 aromatic carbocycles. The van der Waals surface area contributed by atoms with Crippen LogP contribution in [0.5, 0.6) is 0 Å². The summed E-state index contributed by atoms with van der Waals surface area (Å²) in [6, 6.07) is 0. The van der Waals surface area contributed by atoms with Gasteiger partial charge < -0.3 is 0 Å². The summed E-state index contributed by atoms with van der Waals surface area (Å²) < 4.78 is 0. The van der Waals surface area contributed by atoms with E-state index in [0.29, 0.717) is 5.92 Å². The van der Waals surface area contributed by atoms with E-state index in [1.165, 1.54) is 31.3 Å². The van der Waals surface area contributed by atoms with Crippen molar-refractivity contribution < 1.29 is 0 Å². The summed E-state index contributed by atoms with van der Waals surface area (Å²) >= 11 is 0. The van der Waals surface area contributed by atoms with Crippen molar-refractivity contribution >= 4 is 0 Å². The fraction of sp³-hybridized carbons (Fsp3) is 0.667. The summed E-state index contributed by atoms with van der Waals surface area (Å²) in [5.41, 5.74) is 4.63. The smallest absolute Gasteiger partial charge is 0.00588 e. The molecule has 0 nitrogen and oxygen atoms in total. The molecule has 0 aromatic heterocycles. The van der Waals surface area contributed by atoms with E-state index in [0.717, 1.165) is 0 Å². The Balaban J connectivity index is 2.37. The number of allylic oxidation sites excluding steroid dienone is 3. The van der Waals surface area contributed by atoms with E-state index in [4.69, 9.17) is 0 Å². The third kappa shape index (κ3) is 2.23. The Labute approximate surface area is 76.4 Å². The molecule has 0 N–H and O–H groups in total. The van der Waals surface area contributed by atoms with Gasteiger partial charge in [-0.15, -0.1) is 0 Å². The Morgan fingerprint density at radius 1 is 1.50 bits per heavy atom. The van der Waals surface area contributed by atoms with Crippen LogP contribution in [0.1, 0.15) is 46.5 Å². The van der Waals surface area contributed by atoms with Crippen molar-refractivity contribution in [2.24, 2.45) is 5.92 Å². The average molecular weight is 164 g/mol. The SMILES string of the molecule is C=C(C1=C(CCCC)C1)C(C)C. The van der Waals surface area contributed by atoms with Crippen LogP contribution in [0.3, 0.4) is 0 Å². The molecule has 68 valence electrons. The maximum Gasteiger partial charge on any atom is -0.00588 e. The van der Waals surface area contributed by atoms with E-state index in [2.05, 4.69) is 27.4 Å². The van der Waals surface area contributed by atoms with Gasteiger partial charge in [-0.3, -0.25) is 0 Å². The summed E-state index contributed by atoms with van der Waals surface area (Å²) in [6.45, 7) is 10.8. The molecule has 0 bridgehead atoms. The predicted molar refractivity (Wildman–Crippen MR) is 55.1 cm³/mol. The van der Waals surface area contributed by atoms with Crippen molar-refractivity contribution in [1.29, 1.82) is 0 Å². The largest absolute Gasteiger partial charge is 0.0953 e. The van der Waals surface area contributed by atoms with Crippen molar-refractivity contribution in [3.8, 4) is 0 Å². The van der Waals surface area contributed by atoms with E-state index < -0.39 is 0 Å². The Kier molecular flexibility index (Phi) is 3.13. The highest BCUT2D eigenvalue weighted by atomic mass is 14.3. The fourth-order valence-electron chi connectivity index (χ4n) is 1.49. The molecule has 0 aliphatic heterocycles. The van der Waals surface area contributed by atoms with Gasteiger partial charge in [0, 0.05) is 0 Å². The van der Waals surface area contributed by atoms with Crippen LogP contribution in [0.25, 0.3) is 0 Å². The first-order valence-corrected chi connectivity index (χ1v) is 5.06. The molecule has 0 atom stereocenters. The zero-order valence-electron chi connectivity index (χ0n) is 8.61. The van der Waals surface area contributed by atoms with Gasteiger partial charge in [-0.05, 0) is 36.3 Å². The topological polar surface area (TPSA) is 0 Å². The van der Waals surface area contributed by atoms with Crippen molar-refractivity contribution in [2.45, 2.75) is 46.5 Å². The van der Waals surface area contributed by atoms with Gasteiger partial charge in [0.25, 0.3) is 0 Å². The Hall–Kier alpha value is -0.520. The number of hydrogen-bond acceptors (Lipinski definition) is 0. The monoisotopic (exact) mass is 164 g/mol. The molecule has 0 saturated carbocycles. The number of rotatable bonds is 5. The molecule has 0 heterocycles. The Morgan fingerprint density at radius 2 is 2.17 bits per heavy atom. The van der Waals surface area contributed by atoms with Crippen molar-refractivity contribution in [2.75, 3.05) is 0 Å².